The van der Waals surface area contributed by atoms with Crippen LogP contribution in [0.4, 0.5) is 18.0 Å². The van der Waals surface area contributed by atoms with Crippen LogP contribution in [-0.4, -0.2) is 27.2 Å². The van der Waals surface area contributed by atoms with Gasteiger partial charge in [0.2, 0.25) is 0 Å². The van der Waals surface area contributed by atoms with Crippen molar-refractivity contribution in [1.82, 2.24) is 15.3 Å². The van der Waals surface area contributed by atoms with Gasteiger partial charge in [-0.25, -0.2) is 9.78 Å². The molecule has 0 saturated carbocycles. The molecule has 1 heterocycles. The summed E-state index contributed by atoms with van der Waals surface area (Å²) in [5.74, 6) is 0.142. The summed E-state index contributed by atoms with van der Waals surface area (Å²) < 4.78 is 42.5. The normalized spacial score (nSPS) is 13.1. The first kappa shape index (κ1) is 17.3. The average molecular weight is 307 g/mol. The number of hydrogen-bond donors (Lipinski definition) is 2. The molecule has 0 atom stereocenters. The molecule has 1 aromatic rings. The molecule has 120 valence electrons. The molecule has 0 radical (unpaired) electrons. The molecule has 0 spiro atoms. The minimum absolute atomic E-state index is 0.113. The summed E-state index contributed by atoms with van der Waals surface area (Å²) in [4.78, 5) is 17.6. The van der Waals surface area contributed by atoms with E-state index >= 15 is 0 Å². The minimum atomic E-state index is -4.49. The number of H-pyrrole nitrogens is 1. The molecule has 8 heteroatoms. The Labute approximate surface area is 121 Å². The van der Waals surface area contributed by atoms with Crippen LogP contribution in [0.2, 0.25) is 0 Å². The van der Waals surface area contributed by atoms with Crippen LogP contribution in [0.1, 0.15) is 46.1 Å². The fraction of sp³-hybridized carbons (Fsp3) is 0.692. The highest BCUT2D eigenvalue weighted by atomic mass is 19.4. The molecule has 0 aromatic carbocycles. The Morgan fingerprint density at radius 1 is 1.29 bits per heavy atom. The van der Waals surface area contributed by atoms with E-state index in [9.17, 15) is 18.0 Å². The Morgan fingerprint density at radius 2 is 1.86 bits per heavy atom. The number of alkyl halides is 3. The number of rotatable bonds is 3. The van der Waals surface area contributed by atoms with Crippen molar-refractivity contribution in [3.8, 4) is 0 Å². The van der Waals surface area contributed by atoms with E-state index in [1.54, 1.807) is 34.6 Å². The quantitative estimate of drug-likeness (QED) is 0.900. The Bertz CT molecular complexity index is 501. The maximum Gasteiger partial charge on any atom is 0.434 e. The van der Waals surface area contributed by atoms with E-state index in [4.69, 9.17) is 4.74 Å². The van der Waals surface area contributed by atoms with Crippen LogP contribution in [0, 0.1) is 0 Å². The number of aromatic amines is 1. The predicted octanol–water partition coefficient (Wildman–Crippen LogP) is 3.27. The van der Waals surface area contributed by atoms with Crippen molar-refractivity contribution in [2.45, 2.75) is 58.4 Å². The molecule has 21 heavy (non-hydrogen) atoms. The van der Waals surface area contributed by atoms with Crippen LogP contribution in [0.3, 0.4) is 0 Å². The highest BCUT2D eigenvalue weighted by molar-refractivity contribution is 5.68. The molecule has 0 aliphatic carbocycles. The van der Waals surface area contributed by atoms with Crippen LogP contribution in [0.25, 0.3) is 0 Å². The summed E-state index contributed by atoms with van der Waals surface area (Å²) in [6.45, 7) is 8.52. The van der Waals surface area contributed by atoms with Gasteiger partial charge in [-0.05, 0) is 34.6 Å². The molecule has 0 bridgehead atoms. The molecular formula is C13H20F3N3O2. The molecule has 0 unspecified atom stereocenters. The van der Waals surface area contributed by atoms with Crippen molar-refractivity contribution in [2.24, 2.45) is 0 Å². The maximum absolute atomic E-state index is 12.5. The number of carbonyl (C=O) groups is 1. The first-order chi connectivity index (χ1) is 9.28. The van der Waals surface area contributed by atoms with E-state index in [1.807, 2.05) is 0 Å². The number of ether oxygens (including phenoxy) is 1. The standard InChI is InChI=1S/C13H20F3N3O2/c1-11(2,3)21-10(20)19-12(4,5)6-9-17-7-8(18-9)13(14,15)16/h7H,6H2,1-5H3,(H,17,18)(H,19,20). The van der Waals surface area contributed by atoms with E-state index in [1.165, 1.54) is 0 Å². The van der Waals surface area contributed by atoms with Gasteiger partial charge in [-0.2, -0.15) is 13.2 Å². The van der Waals surface area contributed by atoms with Gasteiger partial charge in [0.25, 0.3) is 0 Å². The second kappa shape index (κ2) is 5.57. The Morgan fingerprint density at radius 3 is 2.29 bits per heavy atom. The number of nitrogens with zero attached hydrogens (tertiary/aromatic N) is 1. The van der Waals surface area contributed by atoms with Gasteiger partial charge in [-0.15, -0.1) is 0 Å². The molecule has 0 aliphatic heterocycles. The van der Waals surface area contributed by atoms with Crippen molar-refractivity contribution in [3.63, 3.8) is 0 Å². The lowest BCUT2D eigenvalue weighted by atomic mass is 10.0. The third kappa shape index (κ3) is 6.05. The van der Waals surface area contributed by atoms with Gasteiger partial charge in [0, 0.05) is 18.2 Å². The van der Waals surface area contributed by atoms with E-state index in [-0.39, 0.29) is 12.2 Å². The molecule has 0 fully saturated rings. The number of nitrogens with one attached hydrogen (secondary N) is 2. The molecule has 1 aromatic heterocycles. The second-order valence-electron chi connectivity index (χ2n) is 6.42. The van der Waals surface area contributed by atoms with Gasteiger partial charge in [0.1, 0.15) is 11.4 Å². The fourth-order valence-electron chi connectivity index (χ4n) is 1.64. The average Bonchev–Trinajstić information content (AvgIpc) is 2.59. The Kier molecular flexibility index (Phi) is 4.60. The largest absolute Gasteiger partial charge is 0.444 e. The zero-order chi connectivity index (χ0) is 16.5. The topological polar surface area (TPSA) is 67.0 Å². The molecule has 2 N–H and O–H groups in total. The first-order valence-corrected chi connectivity index (χ1v) is 6.41. The van der Waals surface area contributed by atoms with Gasteiger partial charge >= 0.3 is 12.3 Å². The number of halogens is 3. The van der Waals surface area contributed by atoms with Crippen LogP contribution < -0.4 is 5.32 Å². The third-order valence-corrected chi connectivity index (χ3v) is 2.37. The van der Waals surface area contributed by atoms with E-state index in [0.717, 1.165) is 6.20 Å². The number of amides is 1. The zero-order valence-electron chi connectivity index (χ0n) is 12.7. The maximum atomic E-state index is 12.5. The molecule has 0 saturated heterocycles. The summed E-state index contributed by atoms with van der Waals surface area (Å²) in [5.41, 5.74) is -2.43. The van der Waals surface area contributed by atoms with Crippen molar-refractivity contribution < 1.29 is 22.7 Å². The Balaban J connectivity index is 2.68. The monoisotopic (exact) mass is 307 g/mol. The minimum Gasteiger partial charge on any atom is -0.444 e. The van der Waals surface area contributed by atoms with E-state index in [2.05, 4.69) is 15.3 Å². The summed E-state index contributed by atoms with van der Waals surface area (Å²) in [6.07, 6.45) is -4.20. The van der Waals surface area contributed by atoms with Gasteiger partial charge < -0.3 is 15.0 Å². The van der Waals surface area contributed by atoms with Gasteiger partial charge in [-0.1, -0.05) is 0 Å². The third-order valence-electron chi connectivity index (χ3n) is 2.37. The van der Waals surface area contributed by atoms with Crippen LogP contribution in [0.15, 0.2) is 6.20 Å². The molecular weight excluding hydrogens is 287 g/mol. The van der Waals surface area contributed by atoms with Gasteiger partial charge in [0.05, 0.1) is 0 Å². The highest BCUT2D eigenvalue weighted by Crippen LogP contribution is 2.27. The second-order valence-corrected chi connectivity index (χ2v) is 6.42. The predicted molar refractivity (Wildman–Crippen MR) is 70.7 cm³/mol. The lowest BCUT2D eigenvalue weighted by Crippen LogP contribution is -2.47. The van der Waals surface area contributed by atoms with Crippen LogP contribution in [0.5, 0.6) is 0 Å². The summed E-state index contributed by atoms with van der Waals surface area (Å²) >= 11 is 0. The van der Waals surface area contributed by atoms with Crippen LogP contribution in [-0.2, 0) is 17.3 Å². The number of imidazole rings is 1. The lowest BCUT2D eigenvalue weighted by molar-refractivity contribution is -0.141. The molecule has 1 rings (SSSR count). The van der Waals surface area contributed by atoms with E-state index in [0.29, 0.717) is 0 Å². The van der Waals surface area contributed by atoms with E-state index < -0.39 is 29.1 Å². The Hall–Kier alpha value is -1.73. The smallest absolute Gasteiger partial charge is 0.434 e. The highest BCUT2D eigenvalue weighted by Gasteiger charge is 2.34. The van der Waals surface area contributed by atoms with Gasteiger partial charge in [0.15, 0.2) is 5.69 Å². The van der Waals surface area contributed by atoms with Crippen molar-refractivity contribution >= 4 is 6.09 Å². The molecule has 5 nitrogen and oxygen atoms in total. The van der Waals surface area contributed by atoms with Crippen molar-refractivity contribution in [2.75, 3.05) is 0 Å². The molecule has 0 aliphatic rings. The first-order valence-electron chi connectivity index (χ1n) is 6.41. The summed E-state index contributed by atoms with van der Waals surface area (Å²) in [7, 11) is 0. The van der Waals surface area contributed by atoms with Crippen molar-refractivity contribution in [1.29, 1.82) is 0 Å². The lowest BCUT2D eigenvalue weighted by Gasteiger charge is -2.28. The number of hydrogen-bond acceptors (Lipinski definition) is 3. The van der Waals surface area contributed by atoms with Crippen molar-refractivity contribution in [3.05, 3.63) is 17.7 Å². The zero-order valence-corrected chi connectivity index (χ0v) is 12.7. The number of alkyl carbamates (subject to hydrolysis) is 1. The van der Waals surface area contributed by atoms with Crippen LogP contribution >= 0.6 is 0 Å². The van der Waals surface area contributed by atoms with Gasteiger partial charge in [-0.3, -0.25) is 0 Å². The number of aromatic nitrogens is 2. The fourth-order valence-corrected chi connectivity index (χ4v) is 1.64. The summed E-state index contributed by atoms with van der Waals surface area (Å²) in [6, 6.07) is 0. The number of carbonyl (C=O) groups excluding carboxylic acids is 1. The SMILES string of the molecule is CC(C)(Cc1nc(C(F)(F)F)c[nH]1)NC(=O)OC(C)(C)C. The summed E-state index contributed by atoms with van der Waals surface area (Å²) in [5, 5.41) is 2.61. The molecule has 1 amide bonds.